The first-order valence-electron chi connectivity index (χ1n) is 6.26. The molecule has 4 nitrogen and oxygen atoms in total. The average molecular weight is 251 g/mol. The summed E-state index contributed by atoms with van der Waals surface area (Å²) >= 11 is 0. The summed E-state index contributed by atoms with van der Waals surface area (Å²) in [7, 11) is 4.89. The van der Waals surface area contributed by atoms with E-state index in [1.54, 1.807) is 21.3 Å². The Morgan fingerprint density at radius 2 is 1.56 bits per heavy atom. The van der Waals surface area contributed by atoms with Crippen molar-refractivity contribution < 1.29 is 14.2 Å². The van der Waals surface area contributed by atoms with Crippen LogP contribution in [-0.2, 0) is 0 Å². The van der Waals surface area contributed by atoms with Crippen LogP contribution in [0.5, 0.6) is 17.2 Å². The van der Waals surface area contributed by atoms with Crippen molar-refractivity contribution in [3.8, 4) is 17.2 Å². The maximum Gasteiger partial charge on any atom is 0.164 e. The SMILES string of the molecule is COc1cc(OC)c([C@H](N)C2CCC2)cc1OC. The van der Waals surface area contributed by atoms with Crippen molar-refractivity contribution in [2.45, 2.75) is 25.3 Å². The Bertz CT molecular complexity index is 416. The topological polar surface area (TPSA) is 53.7 Å². The number of hydrogen-bond acceptors (Lipinski definition) is 4. The van der Waals surface area contributed by atoms with Crippen molar-refractivity contribution >= 4 is 0 Å². The second-order valence-corrected chi connectivity index (χ2v) is 4.67. The summed E-state index contributed by atoms with van der Waals surface area (Å²) in [5.74, 6) is 2.69. The number of hydrogen-bond donors (Lipinski definition) is 1. The smallest absolute Gasteiger partial charge is 0.164 e. The zero-order valence-electron chi connectivity index (χ0n) is 11.2. The predicted molar refractivity (Wildman–Crippen MR) is 70.4 cm³/mol. The van der Waals surface area contributed by atoms with Crippen molar-refractivity contribution in [2.24, 2.45) is 11.7 Å². The molecule has 1 fully saturated rings. The van der Waals surface area contributed by atoms with Crippen LogP contribution in [0, 0.1) is 5.92 Å². The van der Waals surface area contributed by atoms with E-state index in [1.165, 1.54) is 19.3 Å². The lowest BCUT2D eigenvalue weighted by Crippen LogP contribution is -2.27. The number of nitrogens with two attached hydrogens (primary N) is 1. The maximum atomic E-state index is 6.32. The summed E-state index contributed by atoms with van der Waals surface area (Å²) in [6.07, 6.45) is 3.66. The number of benzene rings is 1. The van der Waals surface area contributed by atoms with Crippen LogP contribution in [0.25, 0.3) is 0 Å². The van der Waals surface area contributed by atoms with E-state index in [9.17, 15) is 0 Å². The fraction of sp³-hybridized carbons (Fsp3) is 0.571. The van der Waals surface area contributed by atoms with Gasteiger partial charge in [0.25, 0.3) is 0 Å². The molecule has 2 rings (SSSR count). The lowest BCUT2D eigenvalue weighted by molar-refractivity contribution is 0.258. The maximum absolute atomic E-state index is 6.32. The fourth-order valence-corrected chi connectivity index (χ4v) is 2.37. The second kappa shape index (κ2) is 5.48. The molecule has 0 aromatic heterocycles. The first-order chi connectivity index (χ1) is 8.71. The van der Waals surface area contributed by atoms with Crippen LogP contribution in [0.4, 0.5) is 0 Å². The Balaban J connectivity index is 2.37. The summed E-state index contributed by atoms with van der Waals surface area (Å²) in [4.78, 5) is 0. The molecule has 1 aromatic carbocycles. The van der Waals surface area contributed by atoms with Crippen LogP contribution in [-0.4, -0.2) is 21.3 Å². The Kier molecular flexibility index (Phi) is 3.97. The molecular weight excluding hydrogens is 230 g/mol. The molecule has 1 aromatic rings. The van der Waals surface area contributed by atoms with E-state index in [0.29, 0.717) is 17.4 Å². The molecule has 0 amide bonds. The summed E-state index contributed by atoms with van der Waals surface area (Å²) in [5, 5.41) is 0. The van der Waals surface area contributed by atoms with Gasteiger partial charge in [0.15, 0.2) is 11.5 Å². The highest BCUT2D eigenvalue weighted by molar-refractivity contribution is 5.52. The first kappa shape index (κ1) is 13.0. The third-order valence-corrected chi connectivity index (χ3v) is 3.75. The molecule has 100 valence electrons. The zero-order valence-corrected chi connectivity index (χ0v) is 11.2. The van der Waals surface area contributed by atoms with Gasteiger partial charge in [-0.25, -0.2) is 0 Å². The minimum absolute atomic E-state index is 0.00788. The largest absolute Gasteiger partial charge is 0.496 e. The van der Waals surface area contributed by atoms with Crippen molar-refractivity contribution in [3.05, 3.63) is 17.7 Å². The van der Waals surface area contributed by atoms with Gasteiger partial charge >= 0.3 is 0 Å². The van der Waals surface area contributed by atoms with Gasteiger partial charge in [0.2, 0.25) is 0 Å². The molecule has 0 aliphatic heterocycles. The average Bonchev–Trinajstić information content (AvgIpc) is 2.34. The quantitative estimate of drug-likeness (QED) is 0.873. The Morgan fingerprint density at radius 1 is 1.00 bits per heavy atom. The molecule has 1 saturated carbocycles. The molecule has 0 heterocycles. The summed E-state index contributed by atoms with van der Waals surface area (Å²) in [6.45, 7) is 0. The number of ether oxygens (including phenoxy) is 3. The van der Waals surface area contributed by atoms with Crippen LogP contribution >= 0.6 is 0 Å². The van der Waals surface area contributed by atoms with E-state index >= 15 is 0 Å². The zero-order chi connectivity index (χ0) is 13.1. The van der Waals surface area contributed by atoms with Crippen molar-refractivity contribution in [1.82, 2.24) is 0 Å². The van der Waals surface area contributed by atoms with E-state index < -0.39 is 0 Å². The Hall–Kier alpha value is -1.42. The van der Waals surface area contributed by atoms with Gasteiger partial charge in [0, 0.05) is 17.7 Å². The van der Waals surface area contributed by atoms with Gasteiger partial charge in [-0.15, -0.1) is 0 Å². The van der Waals surface area contributed by atoms with Gasteiger partial charge in [-0.2, -0.15) is 0 Å². The molecule has 1 aliphatic rings. The van der Waals surface area contributed by atoms with E-state index in [2.05, 4.69) is 0 Å². The standard InChI is InChI=1S/C14H21NO3/c1-16-11-8-13(18-3)12(17-2)7-10(11)14(15)9-5-4-6-9/h7-9,14H,4-6,15H2,1-3H3/t14-/m1/s1. The molecule has 1 atom stereocenters. The van der Waals surface area contributed by atoms with Gasteiger partial charge < -0.3 is 19.9 Å². The van der Waals surface area contributed by atoms with Crippen molar-refractivity contribution in [2.75, 3.05) is 21.3 Å². The summed E-state index contributed by atoms with van der Waals surface area (Å²) < 4.78 is 16.0. The van der Waals surface area contributed by atoms with Crippen LogP contribution < -0.4 is 19.9 Å². The van der Waals surface area contributed by atoms with Crippen LogP contribution in [0.3, 0.4) is 0 Å². The van der Waals surface area contributed by atoms with E-state index in [1.807, 2.05) is 12.1 Å². The minimum atomic E-state index is 0.00788. The normalized spacial score (nSPS) is 16.9. The number of methoxy groups -OCH3 is 3. The Labute approximate surface area is 108 Å². The molecule has 4 heteroatoms. The molecule has 0 saturated heterocycles. The molecule has 1 aliphatic carbocycles. The van der Waals surface area contributed by atoms with Crippen LogP contribution in [0.1, 0.15) is 30.9 Å². The third-order valence-electron chi connectivity index (χ3n) is 3.75. The first-order valence-corrected chi connectivity index (χ1v) is 6.26. The van der Waals surface area contributed by atoms with Crippen LogP contribution in [0.2, 0.25) is 0 Å². The van der Waals surface area contributed by atoms with Gasteiger partial charge in [0.05, 0.1) is 21.3 Å². The molecule has 0 spiro atoms. The van der Waals surface area contributed by atoms with E-state index in [0.717, 1.165) is 11.3 Å². The predicted octanol–water partition coefficient (Wildman–Crippen LogP) is 2.51. The molecule has 0 radical (unpaired) electrons. The lowest BCUT2D eigenvalue weighted by atomic mass is 9.77. The number of rotatable bonds is 5. The summed E-state index contributed by atoms with van der Waals surface area (Å²) in [5.41, 5.74) is 7.32. The highest BCUT2D eigenvalue weighted by Gasteiger charge is 2.28. The van der Waals surface area contributed by atoms with Crippen molar-refractivity contribution in [3.63, 3.8) is 0 Å². The van der Waals surface area contributed by atoms with E-state index in [-0.39, 0.29) is 6.04 Å². The minimum Gasteiger partial charge on any atom is -0.496 e. The highest BCUT2D eigenvalue weighted by Crippen LogP contribution is 2.43. The summed E-state index contributed by atoms with van der Waals surface area (Å²) in [6, 6.07) is 3.78. The highest BCUT2D eigenvalue weighted by atomic mass is 16.5. The third kappa shape index (κ3) is 2.25. The van der Waals surface area contributed by atoms with Crippen molar-refractivity contribution in [1.29, 1.82) is 0 Å². The second-order valence-electron chi connectivity index (χ2n) is 4.67. The van der Waals surface area contributed by atoms with Gasteiger partial charge in [0.1, 0.15) is 5.75 Å². The molecule has 18 heavy (non-hydrogen) atoms. The fourth-order valence-electron chi connectivity index (χ4n) is 2.37. The van der Waals surface area contributed by atoms with Gasteiger partial charge in [-0.3, -0.25) is 0 Å². The molecule has 2 N–H and O–H groups in total. The Morgan fingerprint density at radius 3 is 2.00 bits per heavy atom. The molecule has 0 unspecified atom stereocenters. The van der Waals surface area contributed by atoms with Gasteiger partial charge in [-0.05, 0) is 24.8 Å². The van der Waals surface area contributed by atoms with Gasteiger partial charge in [-0.1, -0.05) is 6.42 Å². The monoisotopic (exact) mass is 251 g/mol. The molecular formula is C14H21NO3. The lowest BCUT2D eigenvalue weighted by Gasteiger charge is -2.32. The molecule has 0 bridgehead atoms. The van der Waals surface area contributed by atoms with E-state index in [4.69, 9.17) is 19.9 Å². The van der Waals surface area contributed by atoms with Crippen LogP contribution in [0.15, 0.2) is 12.1 Å².